The third-order valence-corrected chi connectivity index (χ3v) is 8.07. The second kappa shape index (κ2) is 13.1. The number of carbonyl (C=O) groups excluding carboxylic acids is 1. The van der Waals surface area contributed by atoms with Crippen molar-refractivity contribution in [3.05, 3.63) is 131 Å². The molecule has 0 fully saturated rings. The third kappa shape index (κ3) is 6.53. The number of amides is 1. The van der Waals surface area contributed by atoms with Crippen molar-refractivity contribution in [2.24, 2.45) is 0 Å². The van der Waals surface area contributed by atoms with Crippen LogP contribution in [0.4, 0.5) is 5.88 Å². The Morgan fingerprint density at radius 3 is 2.35 bits per heavy atom. The highest BCUT2D eigenvalue weighted by molar-refractivity contribution is 5.95. The molecule has 3 aromatic carbocycles. The van der Waals surface area contributed by atoms with E-state index in [4.69, 9.17) is 9.40 Å². The maximum atomic E-state index is 14.1. The van der Waals surface area contributed by atoms with E-state index in [1.54, 1.807) is 0 Å². The van der Waals surface area contributed by atoms with Crippen molar-refractivity contribution in [3.8, 4) is 0 Å². The molecule has 1 aliphatic rings. The van der Waals surface area contributed by atoms with Gasteiger partial charge in [0.2, 0.25) is 11.8 Å². The Morgan fingerprint density at radius 1 is 0.907 bits per heavy atom. The van der Waals surface area contributed by atoms with Crippen molar-refractivity contribution in [1.82, 2.24) is 24.9 Å². The fraction of sp³-hybridized carbons (Fsp3) is 0.314. The Balaban J connectivity index is 1.47. The molecule has 3 heterocycles. The van der Waals surface area contributed by atoms with Gasteiger partial charge in [-0.25, -0.2) is 4.98 Å². The highest BCUT2D eigenvalue weighted by Crippen LogP contribution is 2.34. The van der Waals surface area contributed by atoms with Crippen LogP contribution in [0, 0.1) is 6.92 Å². The summed E-state index contributed by atoms with van der Waals surface area (Å²) in [6.45, 7) is 6.56. The molecule has 0 N–H and O–H groups in total. The van der Waals surface area contributed by atoms with E-state index in [2.05, 4.69) is 58.5 Å². The average Bonchev–Trinajstić information content (AvgIpc) is 3.65. The van der Waals surface area contributed by atoms with Gasteiger partial charge in [-0.05, 0) is 48.9 Å². The zero-order valence-electron chi connectivity index (χ0n) is 24.9. The van der Waals surface area contributed by atoms with E-state index in [-0.39, 0.29) is 11.9 Å². The number of benzene rings is 3. The molecule has 0 spiro atoms. The van der Waals surface area contributed by atoms with Crippen molar-refractivity contribution in [3.63, 3.8) is 0 Å². The van der Waals surface area contributed by atoms with E-state index in [1.165, 1.54) is 0 Å². The monoisotopic (exact) mass is 574 g/mol. The normalized spacial score (nSPS) is 15.7. The van der Waals surface area contributed by atoms with Crippen LogP contribution in [0.5, 0.6) is 0 Å². The molecule has 0 radical (unpaired) electrons. The molecule has 0 saturated heterocycles. The molecule has 8 nitrogen and oxygen atoms in total. The number of aryl methyl sites for hydroxylation is 2. The van der Waals surface area contributed by atoms with Gasteiger partial charge in [-0.15, -0.1) is 5.10 Å². The highest BCUT2D eigenvalue weighted by Gasteiger charge is 2.32. The first-order valence-electron chi connectivity index (χ1n) is 15.2. The van der Waals surface area contributed by atoms with Gasteiger partial charge < -0.3 is 14.2 Å². The molecule has 2 aromatic heterocycles. The molecular weight excluding hydrogens is 536 g/mol. The van der Waals surface area contributed by atoms with Gasteiger partial charge in [-0.2, -0.15) is 0 Å². The van der Waals surface area contributed by atoms with Gasteiger partial charge in [0.1, 0.15) is 17.4 Å². The van der Waals surface area contributed by atoms with Crippen molar-refractivity contribution in [2.45, 2.75) is 65.2 Å². The maximum Gasteiger partial charge on any atom is 0.254 e. The largest absolute Gasteiger partial charge is 0.423 e. The molecule has 1 aliphatic heterocycles. The summed E-state index contributed by atoms with van der Waals surface area (Å²) in [5, 5.41) is 8.92. The lowest BCUT2D eigenvalue weighted by Gasteiger charge is -2.30. The molecule has 5 aromatic rings. The summed E-state index contributed by atoms with van der Waals surface area (Å²) in [6.07, 6.45) is 5.01. The fourth-order valence-corrected chi connectivity index (χ4v) is 5.83. The van der Waals surface area contributed by atoms with Gasteiger partial charge >= 0.3 is 0 Å². The number of fused-ring (bicyclic) bond motifs is 4. The summed E-state index contributed by atoms with van der Waals surface area (Å²) < 4.78 is 8.69. The van der Waals surface area contributed by atoms with Gasteiger partial charge in [-0.1, -0.05) is 91.0 Å². The third-order valence-electron chi connectivity index (χ3n) is 8.07. The van der Waals surface area contributed by atoms with Crippen LogP contribution in [0.15, 0.2) is 95.5 Å². The SMILES string of the molecule is CCC1c2nc(Cc3ccccc3)c(o2)N(Cc2ccccc2)Cc2cn(nn2)CCCCN1C(=O)c1ccccc1C. The first-order valence-corrected chi connectivity index (χ1v) is 15.2. The molecule has 4 bridgehead atoms. The molecule has 43 heavy (non-hydrogen) atoms. The van der Waals surface area contributed by atoms with E-state index >= 15 is 0 Å². The van der Waals surface area contributed by atoms with E-state index in [0.29, 0.717) is 49.8 Å². The lowest BCUT2D eigenvalue weighted by molar-refractivity contribution is 0.0634. The van der Waals surface area contributed by atoms with E-state index in [0.717, 1.165) is 47.5 Å². The van der Waals surface area contributed by atoms with Gasteiger partial charge in [0.05, 0.1) is 12.7 Å². The lowest BCUT2D eigenvalue weighted by atomic mass is 10.0. The van der Waals surface area contributed by atoms with Crippen molar-refractivity contribution < 1.29 is 9.21 Å². The lowest BCUT2D eigenvalue weighted by Crippen LogP contribution is -2.36. The number of anilines is 1. The zero-order valence-corrected chi connectivity index (χ0v) is 24.9. The smallest absolute Gasteiger partial charge is 0.254 e. The summed E-state index contributed by atoms with van der Waals surface area (Å²) in [6, 6.07) is 28.2. The second-order valence-corrected chi connectivity index (χ2v) is 11.2. The van der Waals surface area contributed by atoms with Crippen LogP contribution < -0.4 is 4.90 Å². The van der Waals surface area contributed by atoms with E-state index in [1.807, 2.05) is 71.2 Å². The highest BCUT2D eigenvalue weighted by atomic mass is 16.4. The Kier molecular flexibility index (Phi) is 8.63. The molecular formula is C35H38N6O2. The molecule has 1 unspecified atom stereocenters. The van der Waals surface area contributed by atoms with Gasteiger partial charge in [0.15, 0.2) is 0 Å². The predicted octanol–water partition coefficient (Wildman–Crippen LogP) is 6.76. The van der Waals surface area contributed by atoms with Crippen molar-refractivity contribution >= 4 is 11.8 Å². The van der Waals surface area contributed by atoms with Crippen LogP contribution in [-0.2, 0) is 26.1 Å². The maximum absolute atomic E-state index is 14.1. The molecule has 8 heteroatoms. The first-order chi connectivity index (χ1) is 21.1. The Hall–Kier alpha value is -4.72. The van der Waals surface area contributed by atoms with Crippen LogP contribution in [0.2, 0.25) is 0 Å². The van der Waals surface area contributed by atoms with Gasteiger partial charge in [-0.3, -0.25) is 9.48 Å². The standard InChI is InChI=1S/C35H38N6O2/c1-3-32-33-36-31(22-27-15-6-4-7-16-27)35(43-33)39(23-28-17-8-5-9-18-28)24-29-25-40(38-37-29)20-12-13-21-41(32)34(42)30-19-11-10-14-26(30)2/h4-11,14-19,25,32H,3,12-13,20-24H2,1-2H3. The molecule has 6 rings (SSSR count). The first kappa shape index (κ1) is 28.4. The summed E-state index contributed by atoms with van der Waals surface area (Å²) in [7, 11) is 0. The van der Waals surface area contributed by atoms with Crippen LogP contribution >= 0.6 is 0 Å². The van der Waals surface area contributed by atoms with Crippen LogP contribution in [0.3, 0.4) is 0 Å². The minimum Gasteiger partial charge on any atom is -0.423 e. The number of rotatable bonds is 6. The molecule has 220 valence electrons. The summed E-state index contributed by atoms with van der Waals surface area (Å²) in [5.41, 5.74) is 5.70. The van der Waals surface area contributed by atoms with Crippen LogP contribution in [0.25, 0.3) is 0 Å². The van der Waals surface area contributed by atoms with Crippen LogP contribution in [-0.4, -0.2) is 37.3 Å². The van der Waals surface area contributed by atoms with E-state index in [9.17, 15) is 4.79 Å². The Bertz CT molecular complexity index is 1650. The Morgan fingerprint density at radius 2 is 1.60 bits per heavy atom. The topological polar surface area (TPSA) is 80.3 Å². The Labute approximate surface area is 253 Å². The molecule has 0 saturated carbocycles. The number of oxazole rings is 1. The zero-order chi connectivity index (χ0) is 29.6. The number of hydrogen-bond acceptors (Lipinski definition) is 6. The average molecular weight is 575 g/mol. The quantitative estimate of drug-likeness (QED) is 0.223. The summed E-state index contributed by atoms with van der Waals surface area (Å²) in [5.74, 6) is 1.28. The fourth-order valence-electron chi connectivity index (χ4n) is 5.83. The molecule has 1 atom stereocenters. The van der Waals surface area contributed by atoms with Crippen molar-refractivity contribution in [2.75, 3.05) is 11.4 Å². The van der Waals surface area contributed by atoms with E-state index < -0.39 is 0 Å². The number of aromatic nitrogens is 4. The molecule has 0 aliphatic carbocycles. The van der Waals surface area contributed by atoms with Crippen molar-refractivity contribution in [1.29, 1.82) is 0 Å². The number of hydrogen-bond donors (Lipinski definition) is 0. The van der Waals surface area contributed by atoms with Gasteiger partial charge in [0.25, 0.3) is 5.91 Å². The summed E-state index contributed by atoms with van der Waals surface area (Å²) in [4.78, 5) is 23.5. The summed E-state index contributed by atoms with van der Waals surface area (Å²) >= 11 is 0. The second-order valence-electron chi connectivity index (χ2n) is 11.2. The minimum atomic E-state index is -0.303. The predicted molar refractivity (Wildman–Crippen MR) is 167 cm³/mol. The number of nitrogens with zero attached hydrogens (tertiary/aromatic N) is 6. The molecule has 1 amide bonds. The minimum absolute atomic E-state index is 0.00517. The number of carbonyl (C=O) groups is 1. The van der Waals surface area contributed by atoms with Gasteiger partial charge in [0, 0.05) is 31.6 Å². The van der Waals surface area contributed by atoms with Crippen LogP contribution in [0.1, 0.15) is 76.6 Å².